The van der Waals surface area contributed by atoms with Crippen molar-refractivity contribution in [2.75, 3.05) is 12.9 Å². The Hall–Kier alpha value is -1.04. The largest absolute Gasteiger partial charge is 0.467 e. The van der Waals surface area contributed by atoms with Crippen molar-refractivity contribution in [3.8, 4) is 0 Å². The number of nitrogens with zero attached hydrogens (tertiary/aromatic N) is 2. The SMILES string of the molecule is COC(=O)C1CSC(C(C(C)C)N2C(=O)CC2C)=N1. The molecule has 1 amide bonds. The van der Waals surface area contributed by atoms with Crippen LogP contribution in [0, 0.1) is 5.92 Å². The monoisotopic (exact) mass is 284 g/mol. The summed E-state index contributed by atoms with van der Waals surface area (Å²) in [4.78, 5) is 29.7. The highest BCUT2D eigenvalue weighted by atomic mass is 32.2. The van der Waals surface area contributed by atoms with Gasteiger partial charge in [-0.3, -0.25) is 9.79 Å². The molecule has 0 radical (unpaired) electrons. The maximum atomic E-state index is 11.8. The number of hydrogen-bond donors (Lipinski definition) is 0. The van der Waals surface area contributed by atoms with Crippen molar-refractivity contribution in [3.63, 3.8) is 0 Å². The Labute approximate surface area is 117 Å². The van der Waals surface area contributed by atoms with Crippen LogP contribution in [0.1, 0.15) is 27.2 Å². The zero-order chi connectivity index (χ0) is 14.2. The van der Waals surface area contributed by atoms with Crippen molar-refractivity contribution in [1.29, 1.82) is 0 Å². The van der Waals surface area contributed by atoms with E-state index in [1.54, 1.807) is 11.8 Å². The maximum Gasteiger partial charge on any atom is 0.331 e. The van der Waals surface area contributed by atoms with Gasteiger partial charge in [0.05, 0.1) is 18.2 Å². The number of β-lactam (4-membered cyclic amide) rings is 1. The van der Waals surface area contributed by atoms with Gasteiger partial charge in [0, 0.05) is 18.2 Å². The number of likely N-dealkylation sites (tertiary alicyclic amines) is 1. The van der Waals surface area contributed by atoms with Crippen molar-refractivity contribution in [2.24, 2.45) is 10.9 Å². The first-order valence-electron chi connectivity index (χ1n) is 6.55. The normalized spacial score (nSPS) is 28.2. The van der Waals surface area contributed by atoms with Gasteiger partial charge in [0.2, 0.25) is 5.91 Å². The summed E-state index contributed by atoms with van der Waals surface area (Å²) in [6.45, 7) is 6.21. The third-order valence-electron chi connectivity index (χ3n) is 3.56. The fourth-order valence-electron chi connectivity index (χ4n) is 2.56. The molecule has 0 spiro atoms. The minimum absolute atomic E-state index is 0.00379. The van der Waals surface area contributed by atoms with E-state index in [9.17, 15) is 9.59 Å². The summed E-state index contributed by atoms with van der Waals surface area (Å²) in [5.41, 5.74) is 0. The van der Waals surface area contributed by atoms with E-state index in [4.69, 9.17) is 4.74 Å². The van der Waals surface area contributed by atoms with Crippen LogP contribution in [-0.4, -0.2) is 52.8 Å². The van der Waals surface area contributed by atoms with Crippen LogP contribution in [0.15, 0.2) is 4.99 Å². The Morgan fingerprint density at radius 1 is 1.53 bits per heavy atom. The van der Waals surface area contributed by atoms with Crippen LogP contribution in [0.25, 0.3) is 0 Å². The molecule has 0 N–H and O–H groups in total. The summed E-state index contributed by atoms with van der Waals surface area (Å²) in [5.74, 6) is 0.778. The van der Waals surface area contributed by atoms with E-state index in [-0.39, 0.29) is 29.9 Å². The summed E-state index contributed by atoms with van der Waals surface area (Å²) in [7, 11) is 1.38. The van der Waals surface area contributed by atoms with Gasteiger partial charge in [-0.25, -0.2) is 4.79 Å². The first-order valence-corrected chi connectivity index (χ1v) is 7.53. The molecule has 2 heterocycles. The van der Waals surface area contributed by atoms with Crippen LogP contribution in [0.2, 0.25) is 0 Å². The molecule has 1 saturated heterocycles. The van der Waals surface area contributed by atoms with E-state index >= 15 is 0 Å². The van der Waals surface area contributed by atoms with Crippen molar-refractivity contribution in [3.05, 3.63) is 0 Å². The number of amides is 1. The fraction of sp³-hybridized carbons (Fsp3) is 0.769. The molecule has 3 unspecified atom stereocenters. The standard InChI is InChI=1S/C13H20N2O3S/c1-7(2)11(15-8(3)5-10(15)16)12-14-9(6-19-12)13(17)18-4/h7-9,11H,5-6H2,1-4H3. The lowest BCUT2D eigenvalue weighted by molar-refractivity contribution is -0.147. The van der Waals surface area contributed by atoms with Gasteiger partial charge in [0.25, 0.3) is 0 Å². The molecule has 2 rings (SSSR count). The molecule has 5 nitrogen and oxygen atoms in total. The number of carbonyl (C=O) groups excluding carboxylic acids is 2. The summed E-state index contributed by atoms with van der Waals surface area (Å²) in [6, 6.07) is -0.158. The van der Waals surface area contributed by atoms with Gasteiger partial charge in [-0.15, -0.1) is 11.8 Å². The predicted octanol–water partition coefficient (Wildman–Crippen LogP) is 1.32. The van der Waals surface area contributed by atoms with E-state index in [0.29, 0.717) is 12.2 Å². The van der Waals surface area contributed by atoms with Crippen molar-refractivity contribution >= 4 is 28.7 Å². The first-order chi connectivity index (χ1) is 8.95. The zero-order valence-corrected chi connectivity index (χ0v) is 12.6. The van der Waals surface area contributed by atoms with Gasteiger partial charge >= 0.3 is 5.97 Å². The number of methoxy groups -OCH3 is 1. The molecule has 2 aliphatic heterocycles. The molecule has 19 heavy (non-hydrogen) atoms. The lowest BCUT2D eigenvalue weighted by atomic mass is 9.94. The second-order valence-corrected chi connectivity index (χ2v) is 6.40. The van der Waals surface area contributed by atoms with E-state index in [2.05, 4.69) is 25.8 Å². The van der Waals surface area contributed by atoms with E-state index in [1.165, 1.54) is 7.11 Å². The highest BCUT2D eigenvalue weighted by Gasteiger charge is 2.43. The number of thioether (sulfide) groups is 1. The van der Waals surface area contributed by atoms with Gasteiger partial charge in [-0.05, 0) is 12.8 Å². The zero-order valence-electron chi connectivity index (χ0n) is 11.8. The van der Waals surface area contributed by atoms with Crippen molar-refractivity contribution in [1.82, 2.24) is 4.90 Å². The highest BCUT2D eigenvalue weighted by Crippen LogP contribution is 2.32. The summed E-state index contributed by atoms with van der Waals surface area (Å²) in [6.07, 6.45) is 0.613. The lowest BCUT2D eigenvalue weighted by Crippen LogP contribution is -2.59. The van der Waals surface area contributed by atoms with E-state index in [1.807, 2.05) is 4.90 Å². The quantitative estimate of drug-likeness (QED) is 0.577. The molecular weight excluding hydrogens is 264 g/mol. The Balaban J connectivity index is 2.17. The van der Waals surface area contributed by atoms with Crippen LogP contribution in [0.5, 0.6) is 0 Å². The third kappa shape index (κ3) is 2.63. The van der Waals surface area contributed by atoms with Crippen LogP contribution >= 0.6 is 11.8 Å². The summed E-state index contributed by atoms with van der Waals surface area (Å²) < 4.78 is 4.73. The molecule has 0 aromatic heterocycles. The van der Waals surface area contributed by atoms with E-state index < -0.39 is 6.04 Å². The molecule has 0 aromatic carbocycles. The average Bonchev–Trinajstić information content (AvgIpc) is 2.83. The molecule has 1 fully saturated rings. The van der Waals surface area contributed by atoms with Crippen LogP contribution in [-0.2, 0) is 14.3 Å². The molecule has 6 heteroatoms. The molecule has 0 aromatic rings. The van der Waals surface area contributed by atoms with Crippen molar-refractivity contribution in [2.45, 2.75) is 45.3 Å². The van der Waals surface area contributed by atoms with E-state index in [0.717, 1.165) is 5.04 Å². The van der Waals surface area contributed by atoms with Crippen LogP contribution in [0.3, 0.4) is 0 Å². The Bertz CT molecular complexity index is 422. The Kier molecular flexibility index (Phi) is 4.18. The van der Waals surface area contributed by atoms with Gasteiger partial charge in [0.15, 0.2) is 6.04 Å². The third-order valence-corrected chi connectivity index (χ3v) is 4.69. The van der Waals surface area contributed by atoms with Gasteiger partial charge in [-0.1, -0.05) is 13.8 Å². The lowest BCUT2D eigenvalue weighted by Gasteiger charge is -2.45. The molecule has 106 valence electrons. The number of aliphatic imine (C=N–C) groups is 1. The molecule has 2 aliphatic rings. The number of carbonyl (C=O) groups is 2. The minimum Gasteiger partial charge on any atom is -0.467 e. The highest BCUT2D eigenvalue weighted by molar-refractivity contribution is 8.14. The molecule has 3 atom stereocenters. The summed E-state index contributed by atoms with van der Waals surface area (Å²) in [5, 5.41) is 0.894. The average molecular weight is 284 g/mol. The van der Waals surface area contributed by atoms with Gasteiger partial charge < -0.3 is 9.64 Å². The predicted molar refractivity (Wildman–Crippen MR) is 75.2 cm³/mol. The number of hydrogen-bond acceptors (Lipinski definition) is 5. The maximum absolute atomic E-state index is 11.8. The summed E-state index contributed by atoms with van der Waals surface area (Å²) >= 11 is 1.57. The second-order valence-electron chi connectivity index (χ2n) is 5.36. The molecular formula is C13H20N2O3S. The second kappa shape index (κ2) is 5.53. The number of ether oxygens (including phenoxy) is 1. The van der Waals surface area contributed by atoms with Crippen LogP contribution in [0.4, 0.5) is 0 Å². The first kappa shape index (κ1) is 14.4. The molecule has 0 aliphatic carbocycles. The Morgan fingerprint density at radius 2 is 2.21 bits per heavy atom. The Morgan fingerprint density at radius 3 is 2.68 bits per heavy atom. The van der Waals surface area contributed by atoms with Crippen molar-refractivity contribution < 1.29 is 14.3 Å². The number of esters is 1. The van der Waals surface area contributed by atoms with Gasteiger partial charge in [-0.2, -0.15) is 0 Å². The van der Waals surface area contributed by atoms with Gasteiger partial charge in [0.1, 0.15) is 0 Å². The smallest absolute Gasteiger partial charge is 0.331 e. The molecule has 0 saturated carbocycles. The van der Waals surface area contributed by atoms with Crippen LogP contribution < -0.4 is 0 Å². The fourth-order valence-corrected chi connectivity index (χ4v) is 3.85. The topological polar surface area (TPSA) is 59.0 Å². The molecule has 0 bridgehead atoms. The number of rotatable bonds is 4. The minimum atomic E-state index is -0.419.